The van der Waals surface area contributed by atoms with Crippen LogP contribution in [-0.2, 0) is 4.74 Å². The van der Waals surface area contributed by atoms with Crippen molar-refractivity contribution < 1.29 is 23.6 Å². The number of nitro groups is 1. The average molecular weight is 319 g/mol. The van der Waals surface area contributed by atoms with Crippen LogP contribution in [0, 0.1) is 29.8 Å². The van der Waals surface area contributed by atoms with Crippen LogP contribution in [0.3, 0.4) is 0 Å². The molecule has 2 aromatic carbocycles. The zero-order valence-electron chi connectivity index (χ0n) is 12.8. The van der Waals surface area contributed by atoms with Gasteiger partial charge >= 0.3 is 11.7 Å². The molecule has 0 saturated heterocycles. The first kappa shape index (κ1) is 16.4. The quantitative estimate of drug-likeness (QED) is 0.484. The van der Waals surface area contributed by atoms with Crippen LogP contribution in [-0.4, -0.2) is 18.0 Å². The Morgan fingerprint density at radius 2 is 1.83 bits per heavy atom. The van der Waals surface area contributed by atoms with Crippen molar-refractivity contribution in [3.05, 3.63) is 63.0 Å². The molecule has 0 N–H and O–H groups in total. The van der Waals surface area contributed by atoms with E-state index < -0.39 is 22.4 Å². The first-order valence-corrected chi connectivity index (χ1v) is 6.65. The molecule has 0 heterocycles. The highest BCUT2D eigenvalue weighted by molar-refractivity contribution is 5.90. The molecule has 0 aliphatic rings. The van der Waals surface area contributed by atoms with Gasteiger partial charge < -0.3 is 9.47 Å². The van der Waals surface area contributed by atoms with Crippen LogP contribution in [0.4, 0.5) is 10.1 Å². The predicted octanol–water partition coefficient (Wildman–Crippen LogP) is 3.93. The first-order chi connectivity index (χ1) is 10.8. The molecule has 7 heteroatoms. The summed E-state index contributed by atoms with van der Waals surface area (Å²) in [4.78, 5) is 21.7. The smallest absolute Gasteiger partial charge is 0.346 e. The number of nitro benzene ring substituents is 1. The molecule has 120 valence electrons. The summed E-state index contributed by atoms with van der Waals surface area (Å²) in [5.74, 6) is -1.35. The highest BCUT2D eigenvalue weighted by atomic mass is 19.1. The van der Waals surface area contributed by atoms with Crippen molar-refractivity contribution in [3.63, 3.8) is 0 Å². The number of benzene rings is 2. The zero-order valence-corrected chi connectivity index (χ0v) is 12.8. The monoisotopic (exact) mass is 319 g/mol. The summed E-state index contributed by atoms with van der Waals surface area (Å²) in [6.45, 7) is 3.36. The first-order valence-electron chi connectivity index (χ1n) is 6.65. The third-order valence-corrected chi connectivity index (χ3v) is 3.23. The summed E-state index contributed by atoms with van der Waals surface area (Å²) in [5.41, 5.74) is 0.750. The van der Waals surface area contributed by atoms with Crippen LogP contribution in [0.2, 0.25) is 0 Å². The van der Waals surface area contributed by atoms with E-state index in [9.17, 15) is 19.3 Å². The Kier molecular flexibility index (Phi) is 4.59. The van der Waals surface area contributed by atoms with Gasteiger partial charge in [0, 0.05) is 0 Å². The third-order valence-electron chi connectivity index (χ3n) is 3.23. The topological polar surface area (TPSA) is 78.7 Å². The average Bonchev–Trinajstić information content (AvgIpc) is 2.49. The SMILES string of the molecule is COC(=O)c1cc(C)c(Oc2cccc(F)c2[N+](=O)[O-])c(C)c1. The van der Waals surface area contributed by atoms with Crippen LogP contribution in [0.1, 0.15) is 21.5 Å². The van der Waals surface area contributed by atoms with Gasteiger partial charge in [0.25, 0.3) is 0 Å². The van der Waals surface area contributed by atoms with Gasteiger partial charge in [0.2, 0.25) is 11.6 Å². The van der Waals surface area contributed by atoms with E-state index in [-0.39, 0.29) is 5.75 Å². The molecular weight excluding hydrogens is 305 g/mol. The molecule has 23 heavy (non-hydrogen) atoms. The van der Waals surface area contributed by atoms with Gasteiger partial charge in [-0.15, -0.1) is 0 Å². The number of methoxy groups -OCH3 is 1. The third kappa shape index (κ3) is 3.28. The zero-order chi connectivity index (χ0) is 17.1. The Hall–Kier alpha value is -2.96. The van der Waals surface area contributed by atoms with Gasteiger partial charge in [-0.1, -0.05) is 6.07 Å². The minimum atomic E-state index is -0.978. The molecule has 0 amide bonds. The van der Waals surface area contributed by atoms with Gasteiger partial charge in [-0.2, -0.15) is 4.39 Å². The summed E-state index contributed by atoms with van der Waals surface area (Å²) in [6.07, 6.45) is 0. The molecule has 0 atom stereocenters. The molecule has 6 nitrogen and oxygen atoms in total. The lowest BCUT2D eigenvalue weighted by Gasteiger charge is -2.13. The van der Waals surface area contributed by atoms with E-state index in [0.29, 0.717) is 22.4 Å². The van der Waals surface area contributed by atoms with Crippen molar-refractivity contribution in [1.82, 2.24) is 0 Å². The fraction of sp³-hybridized carbons (Fsp3) is 0.188. The van der Waals surface area contributed by atoms with Crippen molar-refractivity contribution in [3.8, 4) is 11.5 Å². The molecule has 0 unspecified atom stereocenters. The van der Waals surface area contributed by atoms with Gasteiger partial charge in [-0.25, -0.2) is 4.79 Å². The second-order valence-corrected chi connectivity index (χ2v) is 4.88. The Bertz CT molecular complexity index is 765. The van der Waals surface area contributed by atoms with E-state index in [1.165, 1.54) is 19.2 Å². The number of para-hydroxylation sites is 1. The number of ether oxygens (including phenoxy) is 2. The Balaban J connectivity index is 2.48. The lowest BCUT2D eigenvalue weighted by atomic mass is 10.1. The number of rotatable bonds is 4. The van der Waals surface area contributed by atoms with E-state index in [2.05, 4.69) is 4.74 Å². The molecule has 0 bridgehead atoms. The molecule has 0 saturated carbocycles. The van der Waals surface area contributed by atoms with Gasteiger partial charge in [0.15, 0.2) is 0 Å². The second kappa shape index (κ2) is 6.43. The lowest BCUT2D eigenvalue weighted by molar-refractivity contribution is -0.388. The molecule has 0 radical (unpaired) electrons. The Labute approximate surface area is 131 Å². The Morgan fingerprint density at radius 3 is 2.35 bits per heavy atom. The van der Waals surface area contributed by atoms with Gasteiger partial charge in [-0.3, -0.25) is 10.1 Å². The van der Waals surface area contributed by atoms with E-state index in [4.69, 9.17) is 4.74 Å². The summed E-state index contributed by atoms with van der Waals surface area (Å²) >= 11 is 0. The minimum Gasteiger partial charge on any atom is -0.465 e. The molecule has 0 aliphatic carbocycles. The molecule has 0 fully saturated rings. The van der Waals surface area contributed by atoms with Crippen LogP contribution in [0.25, 0.3) is 0 Å². The van der Waals surface area contributed by atoms with Crippen LogP contribution >= 0.6 is 0 Å². The van der Waals surface area contributed by atoms with Gasteiger partial charge in [0.1, 0.15) is 5.75 Å². The molecule has 0 aliphatic heterocycles. The number of hydrogen-bond donors (Lipinski definition) is 0. The van der Waals surface area contributed by atoms with Gasteiger partial charge in [-0.05, 0) is 49.2 Å². The fourth-order valence-corrected chi connectivity index (χ4v) is 2.21. The van der Waals surface area contributed by atoms with E-state index >= 15 is 0 Å². The van der Waals surface area contributed by atoms with Crippen LogP contribution in [0.5, 0.6) is 11.5 Å². The summed E-state index contributed by atoms with van der Waals surface area (Å²) in [6, 6.07) is 6.71. The van der Waals surface area contributed by atoms with Crippen LogP contribution in [0.15, 0.2) is 30.3 Å². The number of esters is 1. The maximum atomic E-state index is 13.6. The predicted molar refractivity (Wildman–Crippen MR) is 80.4 cm³/mol. The molecule has 0 spiro atoms. The highest BCUT2D eigenvalue weighted by Gasteiger charge is 2.23. The minimum absolute atomic E-state index is 0.202. The molecule has 2 rings (SSSR count). The number of carbonyl (C=O) groups excluding carboxylic acids is 1. The highest BCUT2D eigenvalue weighted by Crippen LogP contribution is 2.36. The second-order valence-electron chi connectivity index (χ2n) is 4.88. The standard InChI is InChI=1S/C16H14FNO5/c1-9-7-11(16(19)22-3)8-10(2)15(9)23-13-6-4-5-12(17)14(13)18(20)21/h4-8H,1-3H3. The van der Waals surface area contributed by atoms with Crippen molar-refractivity contribution in [1.29, 1.82) is 0 Å². The number of halogens is 1. The normalized spacial score (nSPS) is 10.3. The number of hydrogen-bond acceptors (Lipinski definition) is 5. The lowest BCUT2D eigenvalue weighted by Crippen LogP contribution is -2.04. The van der Waals surface area contributed by atoms with E-state index in [0.717, 1.165) is 6.07 Å². The maximum Gasteiger partial charge on any atom is 0.346 e. The van der Waals surface area contributed by atoms with Crippen molar-refractivity contribution in [2.24, 2.45) is 0 Å². The fourth-order valence-electron chi connectivity index (χ4n) is 2.21. The maximum absolute atomic E-state index is 13.6. The number of carbonyl (C=O) groups is 1. The van der Waals surface area contributed by atoms with Crippen molar-refractivity contribution >= 4 is 11.7 Å². The van der Waals surface area contributed by atoms with E-state index in [1.54, 1.807) is 26.0 Å². The molecule has 2 aromatic rings. The molecular formula is C16H14FNO5. The van der Waals surface area contributed by atoms with Crippen molar-refractivity contribution in [2.75, 3.05) is 7.11 Å². The van der Waals surface area contributed by atoms with E-state index in [1.807, 2.05) is 0 Å². The van der Waals surface area contributed by atoms with Crippen molar-refractivity contribution in [2.45, 2.75) is 13.8 Å². The number of nitrogens with zero attached hydrogens (tertiary/aromatic N) is 1. The largest absolute Gasteiger partial charge is 0.465 e. The van der Waals surface area contributed by atoms with Crippen LogP contribution < -0.4 is 4.74 Å². The Morgan fingerprint density at radius 1 is 1.22 bits per heavy atom. The summed E-state index contributed by atoms with van der Waals surface area (Å²) in [7, 11) is 1.27. The summed E-state index contributed by atoms with van der Waals surface area (Å²) in [5, 5.41) is 11.0. The summed E-state index contributed by atoms with van der Waals surface area (Å²) < 4.78 is 23.8. The molecule has 0 aromatic heterocycles. The number of aryl methyl sites for hydroxylation is 2. The van der Waals surface area contributed by atoms with Gasteiger partial charge in [0.05, 0.1) is 17.6 Å².